The molecule has 1 aliphatic heterocycles. The van der Waals surface area contributed by atoms with Gasteiger partial charge in [-0.05, 0) is 31.5 Å². The molecule has 0 saturated carbocycles. The van der Waals surface area contributed by atoms with Crippen molar-refractivity contribution in [2.75, 3.05) is 5.32 Å². The number of carboxylic acids is 1. The summed E-state index contributed by atoms with van der Waals surface area (Å²) in [6.07, 6.45) is 1.28. The van der Waals surface area contributed by atoms with E-state index in [9.17, 15) is 9.59 Å². The van der Waals surface area contributed by atoms with Crippen LogP contribution in [0.5, 0.6) is 0 Å². The van der Waals surface area contributed by atoms with E-state index in [0.717, 1.165) is 11.3 Å². The van der Waals surface area contributed by atoms with E-state index < -0.39 is 11.4 Å². The third-order valence-electron chi connectivity index (χ3n) is 3.67. The van der Waals surface area contributed by atoms with Crippen molar-refractivity contribution in [1.29, 1.82) is 0 Å². The fourth-order valence-electron chi connectivity index (χ4n) is 2.40. The van der Waals surface area contributed by atoms with Crippen LogP contribution in [-0.4, -0.2) is 27.2 Å². The van der Waals surface area contributed by atoms with E-state index in [0.29, 0.717) is 11.3 Å². The van der Waals surface area contributed by atoms with Crippen LogP contribution in [0.3, 0.4) is 0 Å². The highest BCUT2D eigenvalue weighted by Gasteiger charge is 2.38. The van der Waals surface area contributed by atoms with Crippen molar-refractivity contribution in [3.63, 3.8) is 0 Å². The average Bonchev–Trinajstić information content (AvgIpc) is 2.95. The van der Waals surface area contributed by atoms with Gasteiger partial charge in [-0.1, -0.05) is 6.07 Å². The number of carbonyl (C=O) groups is 2. The Kier molecular flexibility index (Phi) is 2.44. The lowest BCUT2D eigenvalue weighted by Crippen LogP contribution is -2.26. The molecule has 6 nitrogen and oxygen atoms in total. The summed E-state index contributed by atoms with van der Waals surface area (Å²) >= 11 is 0. The van der Waals surface area contributed by atoms with Crippen molar-refractivity contribution in [2.45, 2.75) is 19.3 Å². The summed E-state index contributed by atoms with van der Waals surface area (Å²) in [7, 11) is 0. The number of aromatic amines is 1. The summed E-state index contributed by atoms with van der Waals surface area (Å²) in [5.74, 6) is -1.10. The molecule has 0 fully saturated rings. The monoisotopic (exact) mass is 271 g/mol. The first-order chi connectivity index (χ1) is 9.41. The molecule has 1 aliphatic rings. The van der Waals surface area contributed by atoms with Gasteiger partial charge >= 0.3 is 5.97 Å². The van der Waals surface area contributed by atoms with E-state index in [-0.39, 0.29) is 11.5 Å². The lowest BCUT2D eigenvalue weighted by molar-refractivity contribution is -0.119. The number of nitrogens with zero attached hydrogens (tertiary/aromatic N) is 1. The van der Waals surface area contributed by atoms with Crippen molar-refractivity contribution < 1.29 is 14.7 Å². The van der Waals surface area contributed by atoms with E-state index in [1.54, 1.807) is 12.1 Å². The Hall–Kier alpha value is -2.63. The van der Waals surface area contributed by atoms with Crippen LogP contribution in [-0.2, 0) is 10.2 Å². The maximum absolute atomic E-state index is 11.9. The van der Waals surface area contributed by atoms with E-state index >= 15 is 0 Å². The fourth-order valence-corrected chi connectivity index (χ4v) is 2.40. The standard InChI is InChI=1S/C14H13N3O3/c1-14(2)9-5-7(3-4-10(9)16-13(14)20)11-8(12(18)19)6-15-17-11/h3-6H,1-2H3,(H,15,17)(H,16,20)(H,18,19). The minimum absolute atomic E-state index is 0.0623. The molecule has 0 atom stereocenters. The first-order valence-corrected chi connectivity index (χ1v) is 6.14. The van der Waals surface area contributed by atoms with Crippen molar-refractivity contribution in [2.24, 2.45) is 0 Å². The van der Waals surface area contributed by atoms with Gasteiger partial charge in [0.1, 0.15) is 5.56 Å². The van der Waals surface area contributed by atoms with Crippen LogP contribution in [0.25, 0.3) is 11.3 Å². The maximum atomic E-state index is 11.9. The van der Waals surface area contributed by atoms with E-state index in [1.807, 2.05) is 19.9 Å². The van der Waals surface area contributed by atoms with Crippen LogP contribution in [0, 0.1) is 0 Å². The summed E-state index contributed by atoms with van der Waals surface area (Å²) in [4.78, 5) is 23.0. The van der Waals surface area contributed by atoms with Gasteiger partial charge < -0.3 is 10.4 Å². The predicted octanol–water partition coefficient (Wildman–Crippen LogP) is 2.00. The van der Waals surface area contributed by atoms with Crippen LogP contribution in [0.1, 0.15) is 29.8 Å². The number of fused-ring (bicyclic) bond motifs is 1. The van der Waals surface area contributed by atoms with Gasteiger partial charge in [-0.25, -0.2) is 4.79 Å². The number of carbonyl (C=O) groups excluding carboxylic acids is 1. The Balaban J connectivity index is 2.15. The van der Waals surface area contributed by atoms with Crippen molar-refractivity contribution in [1.82, 2.24) is 10.2 Å². The number of H-pyrrole nitrogens is 1. The molecule has 3 N–H and O–H groups in total. The van der Waals surface area contributed by atoms with Crippen LogP contribution < -0.4 is 5.32 Å². The number of carboxylic acid groups (broad SMARTS) is 1. The SMILES string of the molecule is CC1(C)C(=O)Nc2ccc(-c3[nH]ncc3C(=O)O)cc21. The summed E-state index contributed by atoms with van der Waals surface area (Å²) < 4.78 is 0. The molecule has 0 bridgehead atoms. The number of hydrogen-bond acceptors (Lipinski definition) is 3. The summed E-state index contributed by atoms with van der Waals surface area (Å²) in [5, 5.41) is 18.4. The second-order valence-corrected chi connectivity index (χ2v) is 5.30. The van der Waals surface area contributed by atoms with Crippen molar-refractivity contribution in [3.05, 3.63) is 35.5 Å². The molecule has 1 amide bonds. The molecule has 6 heteroatoms. The largest absolute Gasteiger partial charge is 0.478 e. The molecule has 3 rings (SSSR count). The molecule has 0 aliphatic carbocycles. The van der Waals surface area contributed by atoms with Gasteiger partial charge in [0.05, 0.1) is 17.3 Å². The Morgan fingerprint density at radius 1 is 1.35 bits per heavy atom. The van der Waals surface area contributed by atoms with Gasteiger partial charge in [0, 0.05) is 11.3 Å². The molecular weight excluding hydrogens is 258 g/mol. The van der Waals surface area contributed by atoms with E-state index in [4.69, 9.17) is 5.11 Å². The molecule has 1 aromatic heterocycles. The Bertz CT molecular complexity index is 731. The lowest BCUT2D eigenvalue weighted by atomic mass is 9.85. The zero-order chi connectivity index (χ0) is 14.5. The Morgan fingerprint density at radius 2 is 2.10 bits per heavy atom. The second kappa shape index (κ2) is 3.93. The molecule has 0 spiro atoms. The Morgan fingerprint density at radius 3 is 2.80 bits per heavy atom. The van der Waals surface area contributed by atoms with Gasteiger partial charge in [-0.3, -0.25) is 9.89 Å². The molecule has 0 unspecified atom stereocenters. The van der Waals surface area contributed by atoms with Gasteiger partial charge in [-0.15, -0.1) is 0 Å². The summed E-state index contributed by atoms with van der Waals surface area (Å²) in [5.41, 5.74) is 2.24. The number of anilines is 1. The van der Waals surface area contributed by atoms with Gasteiger partial charge in [-0.2, -0.15) is 5.10 Å². The molecule has 2 aromatic rings. The fraction of sp³-hybridized carbons (Fsp3) is 0.214. The number of rotatable bonds is 2. The normalized spacial score (nSPS) is 15.8. The quantitative estimate of drug-likeness (QED) is 0.778. The topological polar surface area (TPSA) is 95.1 Å². The summed E-state index contributed by atoms with van der Waals surface area (Å²) in [6.45, 7) is 3.67. The summed E-state index contributed by atoms with van der Waals surface area (Å²) in [6, 6.07) is 5.37. The number of hydrogen-bond donors (Lipinski definition) is 3. The number of amides is 1. The first-order valence-electron chi connectivity index (χ1n) is 6.14. The van der Waals surface area contributed by atoms with Gasteiger partial charge in [0.2, 0.25) is 5.91 Å². The third-order valence-corrected chi connectivity index (χ3v) is 3.67. The number of aromatic carboxylic acids is 1. The Labute approximate surface area is 114 Å². The first kappa shape index (κ1) is 12.4. The van der Waals surface area contributed by atoms with Crippen LogP contribution in [0.2, 0.25) is 0 Å². The molecule has 2 heterocycles. The highest BCUT2D eigenvalue weighted by Crippen LogP contribution is 2.39. The van der Waals surface area contributed by atoms with E-state index in [2.05, 4.69) is 15.5 Å². The smallest absolute Gasteiger partial charge is 0.339 e. The lowest BCUT2D eigenvalue weighted by Gasteiger charge is -2.15. The number of aromatic nitrogens is 2. The van der Waals surface area contributed by atoms with Crippen molar-refractivity contribution in [3.8, 4) is 11.3 Å². The van der Waals surface area contributed by atoms with Crippen molar-refractivity contribution >= 4 is 17.6 Å². The zero-order valence-electron chi connectivity index (χ0n) is 11.0. The van der Waals surface area contributed by atoms with Crippen LogP contribution >= 0.6 is 0 Å². The highest BCUT2D eigenvalue weighted by atomic mass is 16.4. The predicted molar refractivity (Wildman–Crippen MR) is 72.6 cm³/mol. The van der Waals surface area contributed by atoms with Gasteiger partial charge in [0.25, 0.3) is 0 Å². The molecule has 20 heavy (non-hydrogen) atoms. The molecule has 0 radical (unpaired) electrons. The number of benzene rings is 1. The highest BCUT2D eigenvalue weighted by molar-refractivity contribution is 6.06. The number of nitrogens with one attached hydrogen (secondary N) is 2. The van der Waals surface area contributed by atoms with Gasteiger partial charge in [0.15, 0.2) is 0 Å². The maximum Gasteiger partial charge on any atom is 0.339 e. The zero-order valence-corrected chi connectivity index (χ0v) is 11.0. The van der Waals surface area contributed by atoms with Crippen LogP contribution in [0.15, 0.2) is 24.4 Å². The van der Waals surface area contributed by atoms with E-state index in [1.165, 1.54) is 6.20 Å². The minimum atomic E-state index is -1.04. The molecule has 0 saturated heterocycles. The second-order valence-electron chi connectivity index (χ2n) is 5.30. The molecular formula is C14H13N3O3. The molecule has 102 valence electrons. The molecule has 1 aromatic carbocycles. The third kappa shape index (κ3) is 1.61. The minimum Gasteiger partial charge on any atom is -0.478 e. The van der Waals surface area contributed by atoms with Crippen LogP contribution in [0.4, 0.5) is 5.69 Å². The average molecular weight is 271 g/mol.